The average Bonchev–Trinajstić information content (AvgIpc) is 2.92. The lowest BCUT2D eigenvalue weighted by atomic mass is 10.1. The maximum Gasteiger partial charge on any atom is 0.341 e. The van der Waals surface area contributed by atoms with Crippen LogP contribution in [0.15, 0.2) is 18.2 Å². The molecule has 0 bridgehead atoms. The van der Waals surface area contributed by atoms with E-state index >= 15 is 0 Å². The summed E-state index contributed by atoms with van der Waals surface area (Å²) >= 11 is 18.3. The number of benzene rings is 1. The van der Waals surface area contributed by atoms with E-state index in [4.69, 9.17) is 40.2 Å². The highest BCUT2D eigenvalue weighted by Gasteiger charge is 2.26. The number of ether oxygens (including phenoxy) is 1. The molecule has 0 fully saturated rings. The summed E-state index contributed by atoms with van der Waals surface area (Å²) in [7, 11) is 4.56. The second kappa shape index (κ2) is 8.88. The summed E-state index contributed by atoms with van der Waals surface area (Å²) in [5.41, 5.74) is 1.43. The Labute approximate surface area is 176 Å². The van der Waals surface area contributed by atoms with Gasteiger partial charge in [0.1, 0.15) is 5.00 Å². The first-order valence-corrected chi connectivity index (χ1v) is 9.60. The molecule has 1 aromatic heterocycles. The van der Waals surface area contributed by atoms with Crippen LogP contribution in [-0.2, 0) is 4.74 Å². The molecule has 0 atom stereocenters. The molecule has 6 nitrogen and oxygen atoms in total. The summed E-state index contributed by atoms with van der Waals surface area (Å²) < 4.78 is 4.85. The second-order valence-electron chi connectivity index (χ2n) is 5.66. The Morgan fingerprint density at radius 2 is 1.85 bits per heavy atom. The van der Waals surface area contributed by atoms with Crippen molar-refractivity contribution in [2.45, 2.75) is 6.92 Å². The molecule has 0 radical (unpaired) electrons. The zero-order chi connectivity index (χ0) is 20.3. The van der Waals surface area contributed by atoms with Gasteiger partial charge in [-0.15, -0.1) is 11.3 Å². The molecule has 2 rings (SSSR count). The van der Waals surface area contributed by atoms with E-state index in [1.807, 2.05) is 0 Å². The molecule has 0 spiro atoms. The first kappa shape index (κ1) is 21.4. The van der Waals surface area contributed by atoms with Gasteiger partial charge in [-0.1, -0.05) is 23.2 Å². The predicted molar refractivity (Wildman–Crippen MR) is 115 cm³/mol. The zero-order valence-corrected chi connectivity index (χ0v) is 18.1. The van der Waals surface area contributed by atoms with Crippen LogP contribution in [0.3, 0.4) is 0 Å². The Balaban J connectivity index is 2.31. The molecule has 2 N–H and O–H groups in total. The molecular formula is C17H17Cl2N3O3S2. The van der Waals surface area contributed by atoms with Gasteiger partial charge in [-0.25, -0.2) is 4.79 Å². The zero-order valence-electron chi connectivity index (χ0n) is 15.0. The van der Waals surface area contributed by atoms with E-state index in [-0.39, 0.29) is 16.6 Å². The molecule has 1 aromatic carbocycles. The van der Waals surface area contributed by atoms with Gasteiger partial charge in [-0.3, -0.25) is 4.79 Å². The first-order valence-electron chi connectivity index (χ1n) is 7.62. The number of carbonyl (C=O) groups is 2. The van der Waals surface area contributed by atoms with Crippen LogP contribution in [0.2, 0.25) is 10.0 Å². The number of halogens is 2. The largest absolute Gasteiger partial charge is 0.465 e. The Kier molecular flexibility index (Phi) is 7.05. The molecule has 0 unspecified atom stereocenters. The predicted octanol–water partition coefficient (Wildman–Crippen LogP) is 4.66. The number of thiocarbonyl (C=S) groups is 1. The monoisotopic (exact) mass is 445 g/mol. The second-order valence-corrected chi connectivity index (χ2v) is 7.90. The first-order chi connectivity index (χ1) is 12.6. The number of thiophene rings is 1. The number of esters is 1. The van der Waals surface area contributed by atoms with E-state index in [1.165, 1.54) is 12.0 Å². The standard InChI is InChI=1S/C17H17Cl2N3O3S2/c1-8-12(16(24)25-4)14(27-13(8)15(23)22(2)3)21-17(26)20-9-5-6-10(18)11(19)7-9/h5-7H,1-4H3,(H2,20,21,26). The van der Waals surface area contributed by atoms with Crippen LogP contribution < -0.4 is 10.6 Å². The number of carbonyl (C=O) groups excluding carboxylic acids is 2. The maximum atomic E-state index is 12.4. The average molecular weight is 446 g/mol. The molecule has 0 aliphatic heterocycles. The minimum atomic E-state index is -0.554. The van der Waals surface area contributed by atoms with Crippen LogP contribution >= 0.6 is 46.8 Å². The smallest absolute Gasteiger partial charge is 0.341 e. The summed E-state index contributed by atoms with van der Waals surface area (Å²) in [6.45, 7) is 1.69. The van der Waals surface area contributed by atoms with Gasteiger partial charge in [-0.05, 0) is 42.9 Å². The van der Waals surface area contributed by atoms with Crippen LogP contribution in [0, 0.1) is 6.92 Å². The summed E-state index contributed by atoms with van der Waals surface area (Å²) in [6, 6.07) is 4.97. The highest BCUT2D eigenvalue weighted by Crippen LogP contribution is 2.34. The molecular weight excluding hydrogens is 429 g/mol. The minimum Gasteiger partial charge on any atom is -0.465 e. The maximum absolute atomic E-state index is 12.4. The fourth-order valence-corrected chi connectivity index (χ4v) is 4.00. The summed E-state index contributed by atoms with van der Waals surface area (Å²) in [5, 5.41) is 7.36. The van der Waals surface area contributed by atoms with Gasteiger partial charge in [-0.2, -0.15) is 0 Å². The summed E-state index contributed by atoms with van der Waals surface area (Å²) in [5.74, 6) is -0.763. The molecule has 0 aliphatic carbocycles. The van der Waals surface area contributed by atoms with Crippen molar-refractivity contribution in [2.75, 3.05) is 31.8 Å². The quantitative estimate of drug-likeness (QED) is 0.526. The Bertz CT molecular complexity index is 913. The van der Waals surface area contributed by atoms with Crippen molar-refractivity contribution < 1.29 is 14.3 Å². The van der Waals surface area contributed by atoms with Crippen molar-refractivity contribution in [3.05, 3.63) is 44.2 Å². The van der Waals surface area contributed by atoms with Crippen LogP contribution in [0.4, 0.5) is 10.7 Å². The van der Waals surface area contributed by atoms with E-state index < -0.39 is 5.97 Å². The number of hydrogen-bond acceptors (Lipinski definition) is 5. The van der Waals surface area contributed by atoms with Gasteiger partial charge in [0.05, 0.1) is 27.6 Å². The van der Waals surface area contributed by atoms with E-state index in [2.05, 4.69) is 10.6 Å². The molecule has 0 saturated heterocycles. The van der Waals surface area contributed by atoms with Crippen molar-refractivity contribution in [3.63, 3.8) is 0 Å². The Hall–Kier alpha value is -1.87. The molecule has 0 saturated carbocycles. The Morgan fingerprint density at radius 1 is 1.19 bits per heavy atom. The fourth-order valence-electron chi connectivity index (χ4n) is 2.20. The fraction of sp³-hybridized carbons (Fsp3) is 0.235. The van der Waals surface area contributed by atoms with Crippen molar-refractivity contribution >= 4 is 74.4 Å². The molecule has 2 aromatic rings. The topological polar surface area (TPSA) is 70.7 Å². The van der Waals surface area contributed by atoms with Crippen LogP contribution in [0.25, 0.3) is 0 Å². The van der Waals surface area contributed by atoms with Crippen molar-refractivity contribution in [2.24, 2.45) is 0 Å². The number of nitrogens with zero attached hydrogens (tertiary/aromatic N) is 1. The highest BCUT2D eigenvalue weighted by atomic mass is 35.5. The van der Waals surface area contributed by atoms with E-state index in [0.29, 0.717) is 31.2 Å². The van der Waals surface area contributed by atoms with E-state index in [9.17, 15) is 9.59 Å². The van der Waals surface area contributed by atoms with Crippen molar-refractivity contribution in [1.82, 2.24) is 4.90 Å². The number of rotatable bonds is 4. The van der Waals surface area contributed by atoms with Crippen LogP contribution in [0.1, 0.15) is 25.6 Å². The summed E-state index contributed by atoms with van der Waals surface area (Å²) in [6.07, 6.45) is 0. The minimum absolute atomic E-state index is 0.209. The Morgan fingerprint density at radius 3 is 2.41 bits per heavy atom. The van der Waals surface area contributed by atoms with Gasteiger partial charge >= 0.3 is 5.97 Å². The number of nitrogens with one attached hydrogen (secondary N) is 2. The van der Waals surface area contributed by atoms with Gasteiger partial charge in [0.15, 0.2) is 5.11 Å². The van der Waals surface area contributed by atoms with E-state index in [0.717, 1.165) is 11.3 Å². The lowest BCUT2D eigenvalue weighted by molar-refractivity contribution is 0.0601. The summed E-state index contributed by atoms with van der Waals surface area (Å²) in [4.78, 5) is 26.4. The molecule has 144 valence electrons. The number of anilines is 2. The van der Waals surface area contributed by atoms with Gasteiger partial charge in [0.2, 0.25) is 0 Å². The third kappa shape index (κ3) is 4.90. The number of methoxy groups -OCH3 is 1. The molecule has 0 aliphatic rings. The molecule has 27 heavy (non-hydrogen) atoms. The van der Waals surface area contributed by atoms with Gasteiger partial charge in [0, 0.05) is 19.8 Å². The van der Waals surface area contributed by atoms with E-state index in [1.54, 1.807) is 39.2 Å². The normalized spacial score (nSPS) is 10.3. The van der Waals surface area contributed by atoms with Crippen LogP contribution in [-0.4, -0.2) is 43.1 Å². The van der Waals surface area contributed by atoms with Crippen LogP contribution in [0.5, 0.6) is 0 Å². The third-order valence-corrected chi connectivity index (χ3v) is 5.68. The van der Waals surface area contributed by atoms with Crippen molar-refractivity contribution in [1.29, 1.82) is 0 Å². The van der Waals surface area contributed by atoms with Crippen molar-refractivity contribution in [3.8, 4) is 0 Å². The molecule has 1 heterocycles. The lowest BCUT2D eigenvalue weighted by Gasteiger charge is -2.11. The SMILES string of the molecule is COC(=O)c1c(NC(=S)Nc2ccc(Cl)c(Cl)c2)sc(C(=O)N(C)C)c1C. The third-order valence-electron chi connectivity index (χ3n) is 3.54. The number of hydrogen-bond donors (Lipinski definition) is 2. The number of amides is 1. The lowest BCUT2D eigenvalue weighted by Crippen LogP contribution is -2.21. The van der Waals surface area contributed by atoms with Gasteiger partial charge in [0.25, 0.3) is 5.91 Å². The molecule has 1 amide bonds. The highest BCUT2D eigenvalue weighted by molar-refractivity contribution is 7.80. The van der Waals surface area contributed by atoms with Gasteiger partial charge < -0.3 is 20.3 Å². The molecule has 10 heteroatoms.